The van der Waals surface area contributed by atoms with Gasteiger partial charge in [0.25, 0.3) is 5.91 Å². The molecule has 0 aromatic heterocycles. The van der Waals surface area contributed by atoms with Crippen LogP contribution >= 0.6 is 0 Å². The maximum absolute atomic E-state index is 12.9. The number of hydrogen-bond donors (Lipinski definition) is 7. The standard InChI is InChI=1S/C40H73NO9/c1-3-5-7-9-11-13-15-16-17-19-21-23-25-27-29-34(44)39(48)41-32(31-49-40-38(47)37(46)36(45)35(30-42)50-40)33(43)28-26-24-22-20-18-14-12-10-8-6-4-2/h18,20,26-29,32-38,40,42-47H,3-17,19,21-25,30-31H2,1-2H3,(H,41,48)/b20-18-,28-26+,29-27+/t32-,33+,34+,35+,36+,37-,38+,40+/m0/s1. The van der Waals surface area contributed by atoms with Crippen molar-refractivity contribution in [3.63, 3.8) is 0 Å². The lowest BCUT2D eigenvalue weighted by Crippen LogP contribution is -2.60. The molecular formula is C40H73NO9. The number of rotatable bonds is 31. The highest BCUT2D eigenvalue weighted by atomic mass is 16.7. The summed E-state index contributed by atoms with van der Waals surface area (Å²) in [5.41, 5.74) is 0. The molecule has 0 aromatic carbocycles. The second kappa shape index (κ2) is 30.9. The van der Waals surface area contributed by atoms with Crippen molar-refractivity contribution in [2.24, 2.45) is 0 Å². The first kappa shape index (κ1) is 46.4. The summed E-state index contributed by atoms with van der Waals surface area (Å²) in [6, 6.07) is -1.02. The van der Waals surface area contributed by atoms with Crippen LogP contribution in [0.4, 0.5) is 0 Å². The smallest absolute Gasteiger partial charge is 0.253 e. The van der Waals surface area contributed by atoms with E-state index in [-0.39, 0.29) is 6.61 Å². The first-order valence-corrected chi connectivity index (χ1v) is 19.8. The maximum atomic E-state index is 12.9. The van der Waals surface area contributed by atoms with Gasteiger partial charge in [0, 0.05) is 0 Å². The zero-order valence-corrected chi connectivity index (χ0v) is 31.3. The van der Waals surface area contributed by atoms with Crippen LogP contribution in [0.3, 0.4) is 0 Å². The minimum Gasteiger partial charge on any atom is -0.394 e. The Bertz CT molecular complexity index is 896. The number of hydrogen-bond acceptors (Lipinski definition) is 9. The Morgan fingerprint density at radius 2 is 1.14 bits per heavy atom. The van der Waals surface area contributed by atoms with Gasteiger partial charge < -0.3 is 45.4 Å². The molecular weight excluding hydrogens is 638 g/mol. The van der Waals surface area contributed by atoms with E-state index in [1.807, 2.05) is 6.08 Å². The first-order chi connectivity index (χ1) is 24.3. The molecule has 1 aliphatic heterocycles. The number of unbranched alkanes of at least 4 members (excludes halogenated alkanes) is 18. The van der Waals surface area contributed by atoms with Crippen LogP contribution in [-0.4, -0.2) is 98.7 Å². The van der Waals surface area contributed by atoms with Crippen molar-refractivity contribution in [3.05, 3.63) is 36.5 Å². The summed E-state index contributed by atoms with van der Waals surface area (Å²) in [5, 5.41) is 64.1. The molecule has 50 heavy (non-hydrogen) atoms. The Kier molecular flexibility index (Phi) is 28.7. The average molecular weight is 712 g/mol. The van der Waals surface area contributed by atoms with Gasteiger partial charge in [0.05, 0.1) is 25.4 Å². The van der Waals surface area contributed by atoms with Gasteiger partial charge in [0.1, 0.15) is 24.4 Å². The van der Waals surface area contributed by atoms with Crippen LogP contribution in [0.15, 0.2) is 36.5 Å². The van der Waals surface area contributed by atoms with Crippen LogP contribution in [0, 0.1) is 0 Å². The minimum atomic E-state index is -1.62. The molecule has 0 bridgehead atoms. The molecule has 0 saturated carbocycles. The van der Waals surface area contributed by atoms with Crippen molar-refractivity contribution < 1.29 is 44.9 Å². The van der Waals surface area contributed by atoms with Crippen molar-refractivity contribution in [2.75, 3.05) is 13.2 Å². The Balaban J connectivity index is 2.56. The maximum Gasteiger partial charge on any atom is 0.253 e. The van der Waals surface area contributed by atoms with Gasteiger partial charge in [0.15, 0.2) is 12.4 Å². The number of ether oxygens (including phenoxy) is 2. The number of aliphatic hydroxyl groups excluding tert-OH is 6. The second-order valence-corrected chi connectivity index (χ2v) is 13.9. The Labute approximate surface area is 303 Å². The topological polar surface area (TPSA) is 169 Å². The summed E-state index contributed by atoms with van der Waals surface area (Å²) < 4.78 is 11.0. The SMILES string of the molecule is CCCCCCC/C=C\CC/C=C/[C@@H](O)[C@H](CO[C@@H]1O[C@H](CO)[C@@H](O)[C@H](O)[C@H]1O)NC(=O)[C@H](O)/C=C/CCCCCCCCCCCCCC. The summed E-state index contributed by atoms with van der Waals surface area (Å²) >= 11 is 0. The van der Waals surface area contributed by atoms with Crippen molar-refractivity contribution >= 4 is 5.91 Å². The lowest BCUT2D eigenvalue weighted by Gasteiger charge is -2.40. The molecule has 0 aliphatic carbocycles. The zero-order valence-electron chi connectivity index (χ0n) is 31.3. The molecule has 1 heterocycles. The summed E-state index contributed by atoms with van der Waals surface area (Å²) in [4.78, 5) is 12.9. The summed E-state index contributed by atoms with van der Waals surface area (Å²) in [6.45, 7) is 3.50. The van der Waals surface area contributed by atoms with Crippen molar-refractivity contribution in [2.45, 2.75) is 198 Å². The summed E-state index contributed by atoms with van der Waals surface area (Å²) in [6.07, 6.45) is 25.6. The molecule has 0 aromatic rings. The van der Waals surface area contributed by atoms with Crippen LogP contribution in [0.1, 0.15) is 149 Å². The fourth-order valence-electron chi connectivity index (χ4n) is 5.98. The van der Waals surface area contributed by atoms with Gasteiger partial charge in [-0.2, -0.15) is 0 Å². The third kappa shape index (κ3) is 21.7. The number of allylic oxidation sites excluding steroid dienone is 4. The number of carbonyl (C=O) groups excluding carboxylic acids is 1. The van der Waals surface area contributed by atoms with E-state index >= 15 is 0 Å². The Morgan fingerprint density at radius 3 is 1.70 bits per heavy atom. The summed E-state index contributed by atoms with van der Waals surface area (Å²) in [5.74, 6) is -0.715. The van der Waals surface area contributed by atoms with E-state index in [1.54, 1.807) is 12.2 Å². The van der Waals surface area contributed by atoms with E-state index < -0.39 is 61.5 Å². The predicted molar refractivity (Wildman–Crippen MR) is 199 cm³/mol. The van der Waals surface area contributed by atoms with E-state index in [4.69, 9.17) is 9.47 Å². The highest BCUT2D eigenvalue weighted by Gasteiger charge is 2.44. The highest BCUT2D eigenvalue weighted by molar-refractivity contribution is 5.82. The first-order valence-electron chi connectivity index (χ1n) is 19.8. The lowest BCUT2D eigenvalue weighted by molar-refractivity contribution is -0.302. The third-order valence-corrected chi connectivity index (χ3v) is 9.31. The molecule has 0 radical (unpaired) electrons. The molecule has 1 fully saturated rings. The third-order valence-electron chi connectivity index (χ3n) is 9.31. The quantitative estimate of drug-likeness (QED) is 0.0342. The van der Waals surface area contributed by atoms with Crippen LogP contribution < -0.4 is 5.32 Å². The molecule has 1 rings (SSSR count). The lowest BCUT2D eigenvalue weighted by atomic mass is 9.99. The Hall–Kier alpha value is -1.63. The number of carbonyl (C=O) groups is 1. The molecule has 292 valence electrons. The van der Waals surface area contributed by atoms with Crippen LogP contribution in [0.5, 0.6) is 0 Å². The molecule has 7 N–H and O–H groups in total. The molecule has 1 amide bonds. The van der Waals surface area contributed by atoms with E-state index in [1.165, 1.54) is 102 Å². The van der Waals surface area contributed by atoms with Gasteiger partial charge in [0.2, 0.25) is 0 Å². The zero-order chi connectivity index (χ0) is 36.8. The molecule has 10 heteroatoms. The molecule has 1 saturated heterocycles. The van der Waals surface area contributed by atoms with Gasteiger partial charge >= 0.3 is 0 Å². The number of aliphatic hydroxyl groups is 6. The van der Waals surface area contributed by atoms with E-state index in [0.29, 0.717) is 6.42 Å². The predicted octanol–water partition coefficient (Wildman–Crippen LogP) is 5.91. The molecule has 8 atom stereocenters. The molecule has 1 aliphatic rings. The van der Waals surface area contributed by atoms with Gasteiger partial charge in [-0.25, -0.2) is 0 Å². The largest absolute Gasteiger partial charge is 0.394 e. The van der Waals surface area contributed by atoms with Gasteiger partial charge in [-0.05, 0) is 38.5 Å². The van der Waals surface area contributed by atoms with Gasteiger partial charge in [-0.15, -0.1) is 0 Å². The fourth-order valence-corrected chi connectivity index (χ4v) is 5.98. The minimum absolute atomic E-state index is 0.340. The van der Waals surface area contributed by atoms with Crippen LogP contribution in [-0.2, 0) is 14.3 Å². The molecule has 0 spiro atoms. The second-order valence-electron chi connectivity index (χ2n) is 13.9. The molecule has 10 nitrogen and oxygen atoms in total. The van der Waals surface area contributed by atoms with Gasteiger partial charge in [-0.1, -0.05) is 147 Å². The monoisotopic (exact) mass is 712 g/mol. The van der Waals surface area contributed by atoms with Crippen LogP contribution in [0.25, 0.3) is 0 Å². The fraction of sp³-hybridized carbons (Fsp3) is 0.825. The number of amides is 1. The van der Waals surface area contributed by atoms with Crippen molar-refractivity contribution in [3.8, 4) is 0 Å². The van der Waals surface area contributed by atoms with Gasteiger partial charge in [-0.3, -0.25) is 4.79 Å². The van der Waals surface area contributed by atoms with E-state index in [2.05, 4.69) is 31.3 Å². The highest BCUT2D eigenvalue weighted by Crippen LogP contribution is 2.22. The van der Waals surface area contributed by atoms with Crippen LogP contribution in [0.2, 0.25) is 0 Å². The van der Waals surface area contributed by atoms with E-state index in [9.17, 15) is 35.4 Å². The molecule has 0 unspecified atom stereocenters. The van der Waals surface area contributed by atoms with Crippen molar-refractivity contribution in [1.82, 2.24) is 5.32 Å². The van der Waals surface area contributed by atoms with Crippen molar-refractivity contribution in [1.29, 1.82) is 0 Å². The summed E-state index contributed by atoms with van der Waals surface area (Å²) in [7, 11) is 0. The Morgan fingerprint density at radius 1 is 0.660 bits per heavy atom. The number of nitrogens with one attached hydrogen (secondary N) is 1. The average Bonchev–Trinajstić information content (AvgIpc) is 3.11. The van der Waals surface area contributed by atoms with E-state index in [0.717, 1.165) is 32.1 Å². The normalized spacial score (nSPS) is 23.2.